The fourth-order valence-electron chi connectivity index (χ4n) is 7.20. The fourth-order valence-corrected chi connectivity index (χ4v) is 7.20. The molecule has 47 heavy (non-hydrogen) atoms. The third-order valence-electron chi connectivity index (χ3n) is 10.3. The number of hydrogen-bond donors (Lipinski definition) is 14. The molecule has 2 aliphatic heterocycles. The maximum atomic E-state index is 13.1. The molecule has 15 atom stereocenters. The second-order valence-corrected chi connectivity index (χ2v) is 14.0. The summed E-state index contributed by atoms with van der Waals surface area (Å²) in [6.45, 7) is 0.144. The predicted octanol–water partition coefficient (Wildman–Crippen LogP) is -7.95. The molecule has 19 N–H and O–H groups in total. The van der Waals surface area contributed by atoms with Gasteiger partial charge in [-0.2, -0.15) is 0 Å². The third kappa shape index (κ3) is 7.76. The van der Waals surface area contributed by atoms with Crippen molar-refractivity contribution in [3.8, 4) is 0 Å². The van der Waals surface area contributed by atoms with Crippen LogP contribution in [0.3, 0.4) is 0 Å². The number of carbonyl (C=O) groups is 1. The lowest BCUT2D eigenvalue weighted by atomic mass is 9.75. The maximum Gasteiger partial charge on any atom is 0.252 e. The molecule has 0 aromatic carbocycles. The van der Waals surface area contributed by atoms with Crippen molar-refractivity contribution in [1.29, 1.82) is 0 Å². The second-order valence-electron chi connectivity index (χ2n) is 14.0. The Morgan fingerprint density at radius 2 is 1.38 bits per heavy atom. The molecular formula is C28H53N7O12. The number of nitrogens with two attached hydrogens (primary N) is 5. The highest BCUT2D eigenvalue weighted by Crippen LogP contribution is 2.34. The van der Waals surface area contributed by atoms with Crippen molar-refractivity contribution in [3.05, 3.63) is 0 Å². The molecule has 1 unspecified atom stereocenters. The zero-order chi connectivity index (χ0) is 34.4. The number of hydrogen-bond acceptors (Lipinski definition) is 18. The summed E-state index contributed by atoms with van der Waals surface area (Å²) < 4.78 is 23.6. The highest BCUT2D eigenvalue weighted by Gasteiger charge is 2.54. The normalized spacial score (nSPS) is 51.9. The first-order chi connectivity index (χ1) is 22.1. The molecule has 272 valence electrons. The smallest absolute Gasteiger partial charge is 0.252 e. The average Bonchev–Trinajstić information content (AvgIpc) is 2.99. The first-order valence-electron chi connectivity index (χ1n) is 16.3. The summed E-state index contributed by atoms with van der Waals surface area (Å²) in [5.74, 6) is -0.374. The van der Waals surface area contributed by atoms with Gasteiger partial charge >= 0.3 is 0 Å². The van der Waals surface area contributed by atoms with Gasteiger partial charge in [-0.15, -0.1) is 0 Å². The quantitative estimate of drug-likeness (QED) is 0.0963. The van der Waals surface area contributed by atoms with Gasteiger partial charge in [0.05, 0.1) is 24.7 Å². The number of aliphatic hydroxyl groups excluding tert-OH is 6. The van der Waals surface area contributed by atoms with Crippen LogP contribution >= 0.6 is 0 Å². The van der Waals surface area contributed by atoms with E-state index in [4.69, 9.17) is 47.6 Å². The number of amides is 1. The summed E-state index contributed by atoms with van der Waals surface area (Å²) in [6, 6.07) is -4.78. The first-order valence-corrected chi connectivity index (χ1v) is 16.3. The van der Waals surface area contributed by atoms with Crippen molar-refractivity contribution in [2.45, 2.75) is 141 Å². The van der Waals surface area contributed by atoms with Crippen LogP contribution in [0.25, 0.3) is 0 Å². The number of rotatable bonds is 11. The fraction of sp³-hybridized carbons (Fsp3) is 0.964. The Labute approximate surface area is 272 Å². The van der Waals surface area contributed by atoms with Gasteiger partial charge < -0.3 is 94.0 Å². The van der Waals surface area contributed by atoms with E-state index in [0.717, 1.165) is 12.8 Å². The van der Waals surface area contributed by atoms with Gasteiger partial charge in [-0.05, 0) is 31.7 Å². The van der Waals surface area contributed by atoms with Crippen molar-refractivity contribution in [2.24, 2.45) is 34.6 Å². The van der Waals surface area contributed by atoms with E-state index in [1.807, 2.05) is 0 Å². The highest BCUT2D eigenvalue weighted by molar-refractivity contribution is 5.86. The molecule has 0 bridgehead atoms. The topological polar surface area (TPSA) is 350 Å². The van der Waals surface area contributed by atoms with E-state index in [0.29, 0.717) is 12.5 Å². The Morgan fingerprint density at radius 3 is 2.00 bits per heavy atom. The van der Waals surface area contributed by atoms with Crippen LogP contribution in [0.4, 0.5) is 0 Å². The number of nitrogens with one attached hydrogen (secondary N) is 2. The number of aliphatic hydroxyl groups is 7. The van der Waals surface area contributed by atoms with E-state index in [1.54, 1.807) is 0 Å². The monoisotopic (exact) mass is 679 g/mol. The van der Waals surface area contributed by atoms with Gasteiger partial charge in [0.2, 0.25) is 0 Å². The highest BCUT2D eigenvalue weighted by atomic mass is 16.7. The molecule has 0 aromatic rings. The lowest BCUT2D eigenvalue weighted by Crippen LogP contribution is -2.71. The minimum atomic E-state index is -1.74. The van der Waals surface area contributed by atoms with E-state index in [1.165, 1.54) is 0 Å². The van der Waals surface area contributed by atoms with Crippen molar-refractivity contribution in [2.75, 3.05) is 19.7 Å². The Hall–Kier alpha value is -1.21. The average molecular weight is 680 g/mol. The molecule has 3 saturated carbocycles. The molecule has 0 spiro atoms. The van der Waals surface area contributed by atoms with Gasteiger partial charge in [0, 0.05) is 37.5 Å². The molecule has 19 heteroatoms. The molecule has 1 amide bonds. The molecule has 2 saturated heterocycles. The second kappa shape index (κ2) is 15.0. The number of ether oxygens (including phenoxy) is 4. The molecule has 5 rings (SSSR count). The lowest BCUT2D eigenvalue weighted by molar-refractivity contribution is -0.320. The van der Waals surface area contributed by atoms with Crippen molar-refractivity contribution in [1.82, 2.24) is 10.6 Å². The van der Waals surface area contributed by atoms with Gasteiger partial charge in [0.1, 0.15) is 60.5 Å². The zero-order valence-electron chi connectivity index (χ0n) is 26.1. The standard InChI is InChI=1S/C28H53N7O12/c29-10-1-9(2-10)6-34-7-14-19(38)20(39)17(33)25(44-14)46-23-12(31)3-13(35-27(42)28(43)4-11(30)5-28)24(22(23)41)47-26-21(40)16(32)18(37)15(8-36)45-26/h9-26,34,36-41,43H,1-8,29-33H2,(H,35,42)/t9?,10?,11?,12-,13+,14+,15+,16-,17+,18+,19+,20+,21+,22-,23?,24-,25+,26+,28?/m0/s1. The van der Waals surface area contributed by atoms with Crippen LogP contribution in [0.15, 0.2) is 0 Å². The SMILES string of the molecule is NC1CC(CNC[C@H]2O[C@H](OC3[C@@H](N)C[C@@H](NC(=O)C4(O)CC(N)C4)[C@H](O[C@H]4O[C@H](CO)[C@@H](O)[C@H](N)[C@H]4O)[C@H]3O)[C@H](N)[C@@H](O)[C@@H]2O)C1. The summed E-state index contributed by atoms with van der Waals surface area (Å²) in [4.78, 5) is 13.1. The van der Waals surface area contributed by atoms with Crippen LogP contribution in [0.2, 0.25) is 0 Å². The minimum absolute atomic E-state index is 0.0160. The van der Waals surface area contributed by atoms with E-state index in [2.05, 4.69) is 10.6 Å². The molecule has 0 aromatic heterocycles. The predicted molar refractivity (Wildman–Crippen MR) is 160 cm³/mol. The summed E-state index contributed by atoms with van der Waals surface area (Å²) >= 11 is 0. The zero-order valence-corrected chi connectivity index (χ0v) is 26.1. The molecule has 5 fully saturated rings. The van der Waals surface area contributed by atoms with Gasteiger partial charge in [-0.1, -0.05) is 0 Å². The van der Waals surface area contributed by atoms with E-state index >= 15 is 0 Å². The van der Waals surface area contributed by atoms with Crippen LogP contribution < -0.4 is 39.3 Å². The molecule has 0 radical (unpaired) electrons. The van der Waals surface area contributed by atoms with Gasteiger partial charge in [-0.3, -0.25) is 4.79 Å². The van der Waals surface area contributed by atoms with Crippen molar-refractivity contribution < 1.29 is 59.5 Å². The van der Waals surface area contributed by atoms with Gasteiger partial charge in [-0.25, -0.2) is 0 Å². The molecular weight excluding hydrogens is 626 g/mol. The largest absolute Gasteiger partial charge is 0.394 e. The van der Waals surface area contributed by atoms with Crippen LogP contribution in [0.5, 0.6) is 0 Å². The molecule has 2 heterocycles. The van der Waals surface area contributed by atoms with Crippen LogP contribution in [-0.2, 0) is 23.7 Å². The van der Waals surface area contributed by atoms with Crippen molar-refractivity contribution in [3.63, 3.8) is 0 Å². The van der Waals surface area contributed by atoms with Crippen molar-refractivity contribution >= 4 is 5.91 Å². The first kappa shape index (κ1) is 37.1. The van der Waals surface area contributed by atoms with Crippen LogP contribution in [0, 0.1) is 5.92 Å². The minimum Gasteiger partial charge on any atom is -0.394 e. The molecule has 5 aliphatic rings. The Kier molecular flexibility index (Phi) is 11.8. The molecule has 19 nitrogen and oxygen atoms in total. The van der Waals surface area contributed by atoms with E-state index in [9.17, 15) is 40.5 Å². The van der Waals surface area contributed by atoms with Crippen LogP contribution in [0.1, 0.15) is 32.1 Å². The third-order valence-corrected chi connectivity index (χ3v) is 10.3. The van der Waals surface area contributed by atoms with Crippen LogP contribution in [-0.4, -0.2) is 171 Å². The summed E-state index contributed by atoms with van der Waals surface area (Å²) in [6.07, 6.45) is -13.5. The maximum absolute atomic E-state index is 13.1. The summed E-state index contributed by atoms with van der Waals surface area (Å²) in [7, 11) is 0. The Balaban J connectivity index is 1.30. The summed E-state index contributed by atoms with van der Waals surface area (Å²) in [5.41, 5.74) is 28.5. The summed E-state index contributed by atoms with van der Waals surface area (Å²) in [5, 5.41) is 80.3. The van der Waals surface area contributed by atoms with E-state index in [-0.39, 0.29) is 37.9 Å². The lowest BCUT2D eigenvalue weighted by Gasteiger charge is -2.50. The Bertz CT molecular complexity index is 1060. The molecule has 3 aliphatic carbocycles. The Morgan fingerprint density at radius 1 is 0.745 bits per heavy atom. The number of carbonyl (C=O) groups excluding carboxylic acids is 1. The van der Waals surface area contributed by atoms with Gasteiger partial charge in [0.15, 0.2) is 12.6 Å². The van der Waals surface area contributed by atoms with Gasteiger partial charge in [0.25, 0.3) is 5.91 Å². The van der Waals surface area contributed by atoms with E-state index < -0.39 is 110 Å².